The van der Waals surface area contributed by atoms with Crippen LogP contribution in [0, 0.1) is 0 Å². The Morgan fingerprint density at radius 2 is 2.00 bits per heavy atom. The summed E-state index contributed by atoms with van der Waals surface area (Å²) >= 11 is 0. The Hall–Kier alpha value is -0.610. The molecule has 0 fully saturated rings. The summed E-state index contributed by atoms with van der Waals surface area (Å²) in [6, 6.07) is 0.193. The highest BCUT2D eigenvalue weighted by Crippen LogP contribution is 2.02. The maximum absolute atomic E-state index is 11.0. The highest BCUT2D eigenvalue weighted by atomic mass is 16.5. The Morgan fingerprint density at radius 3 is 2.60 bits per heavy atom. The third-order valence-corrected chi connectivity index (χ3v) is 2.22. The molecule has 0 spiro atoms. The van der Waals surface area contributed by atoms with Crippen LogP contribution in [0.5, 0.6) is 0 Å². The van der Waals surface area contributed by atoms with Crippen molar-refractivity contribution in [1.29, 1.82) is 0 Å². The molecule has 0 amide bonds. The average molecular weight is 216 g/mol. The third kappa shape index (κ3) is 9.69. The van der Waals surface area contributed by atoms with Crippen molar-refractivity contribution in [2.24, 2.45) is 11.5 Å². The van der Waals surface area contributed by atoms with Crippen molar-refractivity contribution in [1.82, 2.24) is 0 Å². The predicted molar refractivity (Wildman–Crippen MR) is 61.4 cm³/mol. The van der Waals surface area contributed by atoms with E-state index in [0.717, 1.165) is 32.1 Å². The van der Waals surface area contributed by atoms with Gasteiger partial charge in [-0.2, -0.15) is 0 Å². The first-order chi connectivity index (χ1) is 7.20. The highest BCUT2D eigenvalue weighted by Gasteiger charge is 2.03. The quantitative estimate of drug-likeness (QED) is 0.448. The first-order valence-corrected chi connectivity index (χ1v) is 5.82. The number of carbonyl (C=O) groups is 1. The molecule has 0 saturated heterocycles. The first-order valence-electron chi connectivity index (χ1n) is 5.82. The Balaban J connectivity index is 3.26. The molecular weight excluding hydrogens is 192 g/mol. The first kappa shape index (κ1) is 14.4. The summed E-state index contributed by atoms with van der Waals surface area (Å²) in [6.45, 7) is 3.15. The topological polar surface area (TPSA) is 78.3 Å². The molecule has 15 heavy (non-hydrogen) atoms. The summed E-state index contributed by atoms with van der Waals surface area (Å²) in [5.74, 6) is -0.104. The van der Waals surface area contributed by atoms with Crippen molar-refractivity contribution < 1.29 is 9.53 Å². The van der Waals surface area contributed by atoms with Gasteiger partial charge >= 0.3 is 5.97 Å². The van der Waals surface area contributed by atoms with E-state index in [2.05, 4.69) is 0 Å². The van der Waals surface area contributed by atoms with Crippen LogP contribution in [0.25, 0.3) is 0 Å². The molecule has 0 rings (SSSR count). The van der Waals surface area contributed by atoms with Gasteiger partial charge in [-0.05, 0) is 38.6 Å². The van der Waals surface area contributed by atoms with Gasteiger partial charge < -0.3 is 16.2 Å². The Labute approximate surface area is 92.3 Å². The molecule has 0 aliphatic carbocycles. The molecule has 4 heteroatoms. The molecule has 0 heterocycles. The highest BCUT2D eigenvalue weighted by molar-refractivity contribution is 5.69. The molecule has 0 aromatic carbocycles. The Bertz CT molecular complexity index is 163. The fraction of sp³-hybridized carbons (Fsp3) is 0.909. The van der Waals surface area contributed by atoms with Gasteiger partial charge in [-0.1, -0.05) is 6.92 Å². The van der Waals surface area contributed by atoms with Crippen LogP contribution >= 0.6 is 0 Å². The van der Waals surface area contributed by atoms with Crippen molar-refractivity contribution in [3.63, 3.8) is 0 Å². The normalized spacial score (nSPS) is 12.5. The van der Waals surface area contributed by atoms with E-state index in [0.29, 0.717) is 19.6 Å². The number of carbonyl (C=O) groups excluding carboxylic acids is 1. The fourth-order valence-electron chi connectivity index (χ4n) is 1.33. The van der Waals surface area contributed by atoms with E-state index in [1.54, 1.807) is 0 Å². The lowest BCUT2D eigenvalue weighted by Gasteiger charge is -2.10. The predicted octanol–water partition coefficient (Wildman–Crippen LogP) is 1.18. The van der Waals surface area contributed by atoms with Crippen LogP contribution in [0.3, 0.4) is 0 Å². The minimum atomic E-state index is -0.104. The number of nitrogens with two attached hydrogens (primary N) is 2. The maximum Gasteiger partial charge on any atom is 0.305 e. The minimum Gasteiger partial charge on any atom is -0.466 e. The molecule has 0 aliphatic heterocycles. The number of ether oxygens (including phenoxy) is 1. The number of hydrogen-bond acceptors (Lipinski definition) is 4. The second-order valence-corrected chi connectivity index (χ2v) is 3.80. The number of hydrogen-bond donors (Lipinski definition) is 2. The van der Waals surface area contributed by atoms with Gasteiger partial charge in [0.2, 0.25) is 0 Å². The molecule has 90 valence electrons. The zero-order valence-electron chi connectivity index (χ0n) is 9.71. The SMILES string of the molecule is CCCC(=O)OCCCC(N)CCCN. The van der Waals surface area contributed by atoms with Crippen molar-refractivity contribution in [2.75, 3.05) is 13.2 Å². The second-order valence-electron chi connectivity index (χ2n) is 3.80. The largest absolute Gasteiger partial charge is 0.466 e. The van der Waals surface area contributed by atoms with Crippen LogP contribution in [-0.2, 0) is 9.53 Å². The maximum atomic E-state index is 11.0. The monoisotopic (exact) mass is 216 g/mol. The lowest BCUT2D eigenvalue weighted by atomic mass is 10.1. The van der Waals surface area contributed by atoms with E-state index >= 15 is 0 Å². The van der Waals surface area contributed by atoms with Crippen molar-refractivity contribution >= 4 is 5.97 Å². The Kier molecular flexibility index (Phi) is 9.52. The molecule has 0 aromatic rings. The van der Waals surface area contributed by atoms with Gasteiger partial charge in [0.05, 0.1) is 6.61 Å². The second kappa shape index (κ2) is 9.93. The van der Waals surface area contributed by atoms with Gasteiger partial charge in [0.25, 0.3) is 0 Å². The molecule has 0 aromatic heterocycles. The average Bonchev–Trinajstić information content (AvgIpc) is 2.22. The van der Waals surface area contributed by atoms with Gasteiger partial charge in [-0.3, -0.25) is 4.79 Å². The van der Waals surface area contributed by atoms with E-state index in [4.69, 9.17) is 16.2 Å². The van der Waals surface area contributed by atoms with Crippen LogP contribution in [0.2, 0.25) is 0 Å². The van der Waals surface area contributed by atoms with Gasteiger partial charge in [-0.25, -0.2) is 0 Å². The molecule has 0 bridgehead atoms. The standard InChI is InChI=1S/C11H24N2O2/c1-2-5-11(14)15-9-4-7-10(13)6-3-8-12/h10H,2-9,12-13H2,1H3. The molecule has 0 aliphatic rings. The number of rotatable bonds is 9. The van der Waals surface area contributed by atoms with Crippen LogP contribution in [0.4, 0.5) is 0 Å². The van der Waals surface area contributed by atoms with Crippen LogP contribution in [-0.4, -0.2) is 25.2 Å². The molecule has 0 saturated carbocycles. The van der Waals surface area contributed by atoms with E-state index < -0.39 is 0 Å². The molecule has 4 N–H and O–H groups in total. The summed E-state index contributed by atoms with van der Waals surface area (Å²) < 4.78 is 5.02. The van der Waals surface area contributed by atoms with Crippen molar-refractivity contribution in [3.8, 4) is 0 Å². The van der Waals surface area contributed by atoms with Crippen molar-refractivity contribution in [2.45, 2.75) is 51.5 Å². The van der Waals surface area contributed by atoms with Gasteiger partial charge in [-0.15, -0.1) is 0 Å². The smallest absolute Gasteiger partial charge is 0.305 e. The molecule has 1 atom stereocenters. The molecule has 1 unspecified atom stereocenters. The summed E-state index contributed by atoms with van der Waals surface area (Å²) in [5.41, 5.74) is 11.2. The lowest BCUT2D eigenvalue weighted by molar-refractivity contribution is -0.143. The van der Waals surface area contributed by atoms with Gasteiger partial charge in [0.15, 0.2) is 0 Å². The minimum absolute atomic E-state index is 0.104. The summed E-state index contributed by atoms with van der Waals surface area (Å²) in [5, 5.41) is 0. The van der Waals surface area contributed by atoms with E-state index in [1.165, 1.54) is 0 Å². The third-order valence-electron chi connectivity index (χ3n) is 2.22. The Morgan fingerprint density at radius 1 is 1.33 bits per heavy atom. The number of esters is 1. The summed E-state index contributed by atoms with van der Waals surface area (Å²) in [6.07, 6.45) is 5.03. The van der Waals surface area contributed by atoms with Crippen LogP contribution < -0.4 is 11.5 Å². The van der Waals surface area contributed by atoms with Gasteiger partial charge in [0, 0.05) is 12.5 Å². The van der Waals surface area contributed by atoms with E-state index in [-0.39, 0.29) is 12.0 Å². The van der Waals surface area contributed by atoms with E-state index in [1.807, 2.05) is 6.92 Å². The van der Waals surface area contributed by atoms with Gasteiger partial charge in [0.1, 0.15) is 0 Å². The zero-order valence-corrected chi connectivity index (χ0v) is 9.71. The van der Waals surface area contributed by atoms with Crippen LogP contribution in [0.15, 0.2) is 0 Å². The van der Waals surface area contributed by atoms with Crippen LogP contribution in [0.1, 0.15) is 45.4 Å². The fourth-order valence-corrected chi connectivity index (χ4v) is 1.33. The van der Waals surface area contributed by atoms with E-state index in [9.17, 15) is 4.79 Å². The molecule has 4 nitrogen and oxygen atoms in total. The zero-order chi connectivity index (χ0) is 11.5. The summed E-state index contributed by atoms with van der Waals surface area (Å²) in [4.78, 5) is 11.0. The molecular formula is C11H24N2O2. The lowest BCUT2D eigenvalue weighted by Crippen LogP contribution is -2.21. The van der Waals surface area contributed by atoms with Crippen molar-refractivity contribution in [3.05, 3.63) is 0 Å². The summed E-state index contributed by atoms with van der Waals surface area (Å²) in [7, 11) is 0. The molecule has 0 radical (unpaired) electrons.